The summed E-state index contributed by atoms with van der Waals surface area (Å²) in [6.45, 7) is 0.753. The van der Waals surface area contributed by atoms with Crippen molar-refractivity contribution in [3.63, 3.8) is 0 Å². The summed E-state index contributed by atoms with van der Waals surface area (Å²) >= 11 is 17.3. The number of hydrogen-bond acceptors (Lipinski definition) is 5. The van der Waals surface area contributed by atoms with Gasteiger partial charge in [-0.15, -0.1) is 0 Å². The molecule has 6 nitrogen and oxygen atoms in total. The van der Waals surface area contributed by atoms with E-state index in [1.807, 2.05) is 24.3 Å². The van der Waals surface area contributed by atoms with Crippen LogP contribution in [-0.4, -0.2) is 22.0 Å². The van der Waals surface area contributed by atoms with Gasteiger partial charge in [0.25, 0.3) is 0 Å². The Labute approximate surface area is 165 Å². The van der Waals surface area contributed by atoms with E-state index in [4.69, 9.17) is 44.9 Å². The van der Waals surface area contributed by atoms with Gasteiger partial charge in [-0.05, 0) is 30.4 Å². The lowest BCUT2D eigenvalue weighted by Gasteiger charge is -2.16. The summed E-state index contributed by atoms with van der Waals surface area (Å²) in [4.78, 5) is 0. The average Bonchev–Trinajstić information content (AvgIpc) is 3.04. The minimum Gasteiger partial charge on any atom is -0.493 e. The van der Waals surface area contributed by atoms with Gasteiger partial charge in [0.05, 0.1) is 13.7 Å². The number of ether oxygens (including phenoxy) is 2. The molecule has 0 saturated heterocycles. The van der Waals surface area contributed by atoms with E-state index < -0.39 is 0 Å². The molecule has 2 aromatic carbocycles. The van der Waals surface area contributed by atoms with Crippen molar-refractivity contribution in [1.29, 1.82) is 0 Å². The third-order valence-electron chi connectivity index (χ3n) is 3.66. The Bertz CT molecular complexity index is 958. The number of nitrogens with zero attached hydrogens (tertiary/aromatic N) is 2. The van der Waals surface area contributed by atoms with Crippen molar-refractivity contribution in [1.82, 2.24) is 14.9 Å². The van der Waals surface area contributed by atoms with Crippen molar-refractivity contribution in [2.75, 3.05) is 12.5 Å². The largest absolute Gasteiger partial charge is 0.493 e. The Kier molecular flexibility index (Phi) is 6.03. The number of hydrogen-bond donors (Lipinski definition) is 2. The summed E-state index contributed by atoms with van der Waals surface area (Å²) in [5.41, 5.74) is 4.89. The molecule has 0 aliphatic rings. The van der Waals surface area contributed by atoms with E-state index in [-0.39, 0.29) is 6.61 Å². The molecule has 0 aliphatic carbocycles. The molecule has 3 rings (SSSR count). The van der Waals surface area contributed by atoms with E-state index in [1.54, 1.807) is 30.2 Å². The van der Waals surface area contributed by atoms with Gasteiger partial charge in [-0.25, -0.2) is 4.68 Å². The monoisotopic (exact) mass is 410 g/mol. The van der Waals surface area contributed by atoms with Crippen molar-refractivity contribution >= 4 is 35.4 Å². The highest BCUT2D eigenvalue weighted by Crippen LogP contribution is 2.33. The minimum atomic E-state index is 0.286. The van der Waals surface area contributed by atoms with Gasteiger partial charge in [0.1, 0.15) is 12.9 Å². The lowest BCUT2D eigenvalue weighted by Crippen LogP contribution is -2.14. The summed E-state index contributed by atoms with van der Waals surface area (Å²) in [7, 11) is 1.60. The van der Waals surface area contributed by atoms with E-state index in [0.29, 0.717) is 32.9 Å². The number of benzene rings is 2. The summed E-state index contributed by atoms with van der Waals surface area (Å²) in [5.74, 6) is 1.26. The number of halogens is 2. The Balaban J connectivity index is 1.80. The molecule has 9 heteroatoms. The summed E-state index contributed by atoms with van der Waals surface area (Å²) < 4.78 is 13.5. The molecule has 0 saturated carbocycles. The maximum atomic E-state index is 6.22. The Morgan fingerprint density at radius 1 is 1.23 bits per heavy atom. The molecule has 0 bridgehead atoms. The molecule has 0 radical (unpaired) electrons. The lowest BCUT2D eigenvalue weighted by molar-refractivity contribution is 0.281. The SMILES string of the molecule is COc1cccc(CNn2cn[nH]c2=S)c1OCc1ccc(Cl)cc1Cl. The lowest BCUT2D eigenvalue weighted by atomic mass is 10.2. The molecule has 0 unspecified atom stereocenters. The number of aromatic amines is 1. The first-order valence-electron chi connectivity index (χ1n) is 7.67. The number of H-pyrrole nitrogens is 1. The van der Waals surface area contributed by atoms with Crippen LogP contribution in [0.4, 0.5) is 0 Å². The van der Waals surface area contributed by atoms with Gasteiger partial charge in [0.15, 0.2) is 11.5 Å². The Morgan fingerprint density at radius 3 is 2.77 bits per heavy atom. The Morgan fingerprint density at radius 2 is 2.08 bits per heavy atom. The highest BCUT2D eigenvalue weighted by Gasteiger charge is 2.12. The smallest absolute Gasteiger partial charge is 0.214 e. The van der Waals surface area contributed by atoms with Gasteiger partial charge < -0.3 is 14.9 Å². The average molecular weight is 411 g/mol. The van der Waals surface area contributed by atoms with Crippen LogP contribution in [0, 0.1) is 4.77 Å². The standard InChI is InChI=1S/C17H16Cl2N4O2S/c1-24-15-4-2-3-11(8-21-23-10-20-22-17(23)26)16(15)25-9-12-5-6-13(18)7-14(12)19/h2-7,10,21H,8-9H2,1H3,(H,22,26). The van der Waals surface area contributed by atoms with E-state index >= 15 is 0 Å². The maximum absolute atomic E-state index is 6.22. The van der Waals surface area contributed by atoms with Crippen LogP contribution in [0.15, 0.2) is 42.7 Å². The van der Waals surface area contributed by atoms with Crippen LogP contribution in [0.3, 0.4) is 0 Å². The van der Waals surface area contributed by atoms with Gasteiger partial charge >= 0.3 is 0 Å². The highest BCUT2D eigenvalue weighted by atomic mass is 35.5. The van der Waals surface area contributed by atoms with E-state index in [2.05, 4.69) is 15.6 Å². The molecular formula is C17H16Cl2N4O2S. The number of para-hydroxylation sites is 1. The molecule has 136 valence electrons. The molecule has 0 amide bonds. The van der Waals surface area contributed by atoms with Crippen molar-refractivity contribution < 1.29 is 9.47 Å². The second kappa shape index (κ2) is 8.44. The molecule has 26 heavy (non-hydrogen) atoms. The zero-order chi connectivity index (χ0) is 18.5. The van der Waals surface area contributed by atoms with Crippen molar-refractivity contribution in [2.45, 2.75) is 13.2 Å². The van der Waals surface area contributed by atoms with Crippen LogP contribution in [0.1, 0.15) is 11.1 Å². The molecule has 2 N–H and O–H groups in total. The molecule has 1 aromatic heterocycles. The molecule has 0 fully saturated rings. The summed E-state index contributed by atoms with van der Waals surface area (Å²) in [6.07, 6.45) is 1.57. The third-order valence-corrected chi connectivity index (χ3v) is 4.53. The zero-order valence-electron chi connectivity index (χ0n) is 13.8. The molecule has 0 aliphatic heterocycles. The van der Waals surface area contributed by atoms with Crippen LogP contribution in [0.2, 0.25) is 10.0 Å². The molecule has 1 heterocycles. The van der Waals surface area contributed by atoms with Crippen LogP contribution >= 0.6 is 35.4 Å². The van der Waals surface area contributed by atoms with Crippen LogP contribution < -0.4 is 14.9 Å². The van der Waals surface area contributed by atoms with Gasteiger partial charge in [-0.2, -0.15) is 5.10 Å². The molecule has 3 aromatic rings. The third kappa shape index (κ3) is 4.30. The van der Waals surface area contributed by atoms with Gasteiger partial charge in [0.2, 0.25) is 4.77 Å². The summed E-state index contributed by atoms with van der Waals surface area (Å²) in [5, 5.41) is 7.69. The van der Waals surface area contributed by atoms with Gasteiger partial charge in [-0.3, -0.25) is 5.10 Å². The normalized spacial score (nSPS) is 10.6. The van der Waals surface area contributed by atoms with Gasteiger partial charge in [0, 0.05) is 21.2 Å². The quantitative estimate of drug-likeness (QED) is 0.558. The molecule has 0 atom stereocenters. The summed E-state index contributed by atoms with van der Waals surface area (Å²) in [6, 6.07) is 11.0. The predicted molar refractivity (Wildman–Crippen MR) is 104 cm³/mol. The van der Waals surface area contributed by atoms with E-state index in [1.165, 1.54) is 0 Å². The predicted octanol–water partition coefficient (Wildman–Crippen LogP) is 4.58. The van der Waals surface area contributed by atoms with Crippen molar-refractivity contribution in [2.24, 2.45) is 0 Å². The fourth-order valence-electron chi connectivity index (χ4n) is 2.34. The first-order valence-corrected chi connectivity index (χ1v) is 8.83. The first-order chi connectivity index (χ1) is 12.6. The second-order valence-electron chi connectivity index (χ2n) is 5.34. The van der Waals surface area contributed by atoms with Gasteiger partial charge in [-0.1, -0.05) is 41.4 Å². The van der Waals surface area contributed by atoms with Crippen LogP contribution in [0.5, 0.6) is 11.5 Å². The number of methoxy groups -OCH3 is 1. The zero-order valence-corrected chi connectivity index (χ0v) is 16.2. The number of nitrogens with one attached hydrogen (secondary N) is 2. The fraction of sp³-hybridized carbons (Fsp3) is 0.176. The maximum Gasteiger partial charge on any atom is 0.214 e. The van der Waals surface area contributed by atoms with E-state index in [0.717, 1.165) is 11.1 Å². The van der Waals surface area contributed by atoms with Crippen LogP contribution in [0.25, 0.3) is 0 Å². The van der Waals surface area contributed by atoms with E-state index in [9.17, 15) is 0 Å². The highest BCUT2D eigenvalue weighted by molar-refractivity contribution is 7.71. The topological polar surface area (TPSA) is 64.1 Å². The molecule has 0 spiro atoms. The molecular weight excluding hydrogens is 395 g/mol. The van der Waals surface area contributed by atoms with Crippen molar-refractivity contribution in [3.8, 4) is 11.5 Å². The van der Waals surface area contributed by atoms with Crippen LogP contribution in [-0.2, 0) is 13.2 Å². The fourth-order valence-corrected chi connectivity index (χ4v) is 2.97. The Hall–Kier alpha value is -2.22. The number of aromatic nitrogens is 3. The second-order valence-corrected chi connectivity index (χ2v) is 6.57. The first kappa shape index (κ1) is 18.6. The minimum absolute atomic E-state index is 0.286. The number of rotatable bonds is 7. The van der Waals surface area contributed by atoms with Crippen molar-refractivity contribution in [3.05, 3.63) is 68.7 Å².